The fourth-order valence-electron chi connectivity index (χ4n) is 9.12. The first kappa shape index (κ1) is 21.6. The lowest BCUT2D eigenvalue weighted by Gasteiger charge is -2.56. The molecule has 0 aliphatic heterocycles. The number of hydrogen-bond acceptors (Lipinski definition) is 4. The van der Waals surface area contributed by atoms with Gasteiger partial charge in [-0.25, -0.2) is 0 Å². The SMILES string of the molecule is C[C@]1([C@H]2CC[C@]3(C)c4ncccc4C[C@]34CC24CN)CC[C@H](Oc2ccccc2)C[C@@H]1CO. The number of ether oxygens (including phenoxy) is 1. The van der Waals surface area contributed by atoms with E-state index < -0.39 is 0 Å². The first-order valence-corrected chi connectivity index (χ1v) is 12.9. The number of benzene rings is 1. The average molecular weight is 447 g/mol. The van der Waals surface area contributed by atoms with E-state index in [4.69, 9.17) is 15.5 Å². The standard InChI is InChI=1S/C29H38N2O2/c1-26(12-10-23(15-21(26)17-32)33-22-8-4-3-5-9-22)24-11-13-27(2)25-20(7-6-14-31-25)16-29(27)18-28(24,29)19-30/h3-9,14,21,23-24,32H,10-13,15-19,30H2,1-2H3/t21-,23+,24-,26+,27-,28?,29+/m1/s1. The molecule has 7 atom stereocenters. The molecule has 4 aliphatic rings. The molecule has 1 heterocycles. The fourth-order valence-corrected chi connectivity index (χ4v) is 9.12. The van der Waals surface area contributed by atoms with Gasteiger partial charge in [0.1, 0.15) is 5.75 Å². The number of aliphatic hydroxyl groups excluding tert-OH is 1. The van der Waals surface area contributed by atoms with Crippen LogP contribution in [-0.2, 0) is 11.8 Å². The van der Waals surface area contributed by atoms with Crippen LogP contribution in [0.1, 0.15) is 63.6 Å². The Bertz CT molecular complexity index is 1040. The number of aliphatic hydroxyl groups is 1. The number of aromatic nitrogens is 1. The van der Waals surface area contributed by atoms with Crippen LogP contribution in [0, 0.1) is 28.1 Å². The van der Waals surface area contributed by atoms with Crippen molar-refractivity contribution < 1.29 is 9.84 Å². The van der Waals surface area contributed by atoms with E-state index in [0.29, 0.717) is 5.92 Å². The largest absolute Gasteiger partial charge is 0.490 e. The van der Waals surface area contributed by atoms with Gasteiger partial charge < -0.3 is 15.6 Å². The van der Waals surface area contributed by atoms with Gasteiger partial charge in [-0.2, -0.15) is 0 Å². The van der Waals surface area contributed by atoms with E-state index in [-0.39, 0.29) is 40.3 Å². The summed E-state index contributed by atoms with van der Waals surface area (Å²) in [5, 5.41) is 10.6. The Hall–Kier alpha value is -1.91. The summed E-state index contributed by atoms with van der Waals surface area (Å²) < 4.78 is 6.34. The molecule has 2 aromatic rings. The Labute approximate surface area is 198 Å². The molecule has 1 aromatic heterocycles. The number of pyridine rings is 1. The van der Waals surface area contributed by atoms with Crippen LogP contribution in [0.2, 0.25) is 0 Å². The summed E-state index contributed by atoms with van der Waals surface area (Å²) in [4.78, 5) is 4.89. The van der Waals surface area contributed by atoms with Crippen LogP contribution in [0.25, 0.3) is 0 Å². The minimum absolute atomic E-state index is 0.0949. The molecule has 4 aliphatic carbocycles. The van der Waals surface area contributed by atoms with Gasteiger partial charge in [-0.05, 0) is 103 Å². The maximum absolute atomic E-state index is 10.6. The predicted molar refractivity (Wildman–Crippen MR) is 130 cm³/mol. The van der Waals surface area contributed by atoms with Gasteiger partial charge in [0, 0.05) is 18.2 Å². The van der Waals surface area contributed by atoms with Crippen LogP contribution in [-0.4, -0.2) is 29.3 Å². The van der Waals surface area contributed by atoms with Crippen molar-refractivity contribution in [1.82, 2.24) is 4.98 Å². The van der Waals surface area contributed by atoms with Gasteiger partial charge >= 0.3 is 0 Å². The first-order valence-electron chi connectivity index (χ1n) is 12.9. The molecule has 1 unspecified atom stereocenters. The van der Waals surface area contributed by atoms with Gasteiger partial charge in [-0.3, -0.25) is 4.98 Å². The molecule has 176 valence electrons. The number of para-hydroxylation sites is 1. The highest BCUT2D eigenvalue weighted by Crippen LogP contribution is 2.84. The first-order chi connectivity index (χ1) is 15.9. The van der Waals surface area contributed by atoms with Crippen molar-refractivity contribution in [3.8, 4) is 5.75 Å². The number of fused-ring (bicyclic) bond motifs is 2. The molecule has 3 saturated carbocycles. The molecule has 0 radical (unpaired) electrons. The predicted octanol–water partition coefficient (Wildman–Crippen LogP) is 4.89. The van der Waals surface area contributed by atoms with E-state index in [1.807, 2.05) is 36.5 Å². The minimum atomic E-state index is 0.0949. The van der Waals surface area contributed by atoms with Gasteiger partial charge in [-0.15, -0.1) is 0 Å². The molecule has 1 spiro atoms. The normalized spacial score (nSPS) is 43.3. The van der Waals surface area contributed by atoms with Crippen LogP contribution in [0.4, 0.5) is 0 Å². The Kier molecular flexibility index (Phi) is 4.78. The number of nitrogens with zero attached hydrogens (tertiary/aromatic N) is 1. The second-order valence-electron chi connectivity index (χ2n) is 11.9. The summed E-state index contributed by atoms with van der Waals surface area (Å²) in [6, 6.07) is 14.5. The second-order valence-corrected chi connectivity index (χ2v) is 11.9. The maximum atomic E-state index is 10.6. The smallest absolute Gasteiger partial charge is 0.119 e. The maximum Gasteiger partial charge on any atom is 0.119 e. The van der Waals surface area contributed by atoms with Crippen molar-refractivity contribution in [1.29, 1.82) is 0 Å². The number of rotatable bonds is 5. The van der Waals surface area contributed by atoms with Gasteiger partial charge in [0.15, 0.2) is 0 Å². The Morgan fingerprint density at radius 1 is 1.09 bits per heavy atom. The van der Waals surface area contributed by atoms with Crippen LogP contribution in [0.15, 0.2) is 48.7 Å². The second kappa shape index (κ2) is 7.29. The molecule has 3 N–H and O–H groups in total. The average Bonchev–Trinajstić information content (AvgIpc) is 3.44. The summed E-state index contributed by atoms with van der Waals surface area (Å²) in [6.07, 6.45) is 9.92. The summed E-state index contributed by atoms with van der Waals surface area (Å²) in [5.41, 5.74) is 10.1. The van der Waals surface area contributed by atoms with Gasteiger partial charge in [0.2, 0.25) is 0 Å². The summed E-state index contributed by atoms with van der Waals surface area (Å²) in [7, 11) is 0. The highest BCUT2D eigenvalue weighted by Gasteiger charge is 2.82. The van der Waals surface area contributed by atoms with Crippen LogP contribution >= 0.6 is 0 Å². The van der Waals surface area contributed by atoms with E-state index in [0.717, 1.165) is 38.0 Å². The minimum Gasteiger partial charge on any atom is -0.490 e. The van der Waals surface area contributed by atoms with Gasteiger partial charge in [0.25, 0.3) is 0 Å². The van der Waals surface area contributed by atoms with Crippen molar-refractivity contribution >= 4 is 0 Å². The van der Waals surface area contributed by atoms with E-state index in [1.165, 1.54) is 30.5 Å². The molecule has 0 bridgehead atoms. The summed E-state index contributed by atoms with van der Waals surface area (Å²) in [5.74, 6) is 1.73. The molecule has 0 saturated heterocycles. The summed E-state index contributed by atoms with van der Waals surface area (Å²) >= 11 is 0. The number of hydrogen-bond donors (Lipinski definition) is 2. The highest BCUT2D eigenvalue weighted by atomic mass is 16.5. The monoisotopic (exact) mass is 446 g/mol. The quantitative estimate of drug-likeness (QED) is 0.686. The van der Waals surface area contributed by atoms with Crippen LogP contribution in [0.5, 0.6) is 5.75 Å². The third kappa shape index (κ3) is 2.74. The molecule has 4 heteroatoms. The molecule has 6 rings (SSSR count). The van der Waals surface area contributed by atoms with Gasteiger partial charge in [0.05, 0.1) is 11.8 Å². The van der Waals surface area contributed by atoms with Crippen molar-refractivity contribution in [2.24, 2.45) is 33.8 Å². The Balaban J connectivity index is 1.29. The lowest BCUT2D eigenvalue weighted by atomic mass is 9.49. The fraction of sp³-hybridized carbons (Fsp3) is 0.621. The zero-order valence-electron chi connectivity index (χ0n) is 20.1. The summed E-state index contributed by atoms with van der Waals surface area (Å²) in [6.45, 7) is 5.91. The molecule has 3 fully saturated rings. The third-order valence-corrected chi connectivity index (χ3v) is 10.9. The zero-order valence-corrected chi connectivity index (χ0v) is 20.1. The van der Waals surface area contributed by atoms with Crippen molar-refractivity contribution in [2.75, 3.05) is 13.2 Å². The van der Waals surface area contributed by atoms with Crippen molar-refractivity contribution in [3.63, 3.8) is 0 Å². The molecule has 33 heavy (non-hydrogen) atoms. The molecule has 4 nitrogen and oxygen atoms in total. The molecule has 0 amide bonds. The van der Waals surface area contributed by atoms with E-state index in [2.05, 4.69) is 26.0 Å². The van der Waals surface area contributed by atoms with Crippen molar-refractivity contribution in [2.45, 2.75) is 70.3 Å². The lowest BCUT2D eigenvalue weighted by Crippen LogP contribution is -2.54. The van der Waals surface area contributed by atoms with E-state index in [1.54, 1.807) is 0 Å². The van der Waals surface area contributed by atoms with E-state index in [9.17, 15) is 5.11 Å². The molecule has 1 aromatic carbocycles. The lowest BCUT2D eigenvalue weighted by molar-refractivity contribution is -0.0850. The van der Waals surface area contributed by atoms with Crippen molar-refractivity contribution in [3.05, 3.63) is 59.9 Å². The van der Waals surface area contributed by atoms with Crippen LogP contribution < -0.4 is 10.5 Å². The molecular formula is C29H38N2O2. The van der Waals surface area contributed by atoms with Gasteiger partial charge in [-0.1, -0.05) is 38.1 Å². The molecular weight excluding hydrogens is 408 g/mol. The Morgan fingerprint density at radius 3 is 2.67 bits per heavy atom. The number of nitrogens with two attached hydrogens (primary N) is 1. The van der Waals surface area contributed by atoms with Crippen LogP contribution in [0.3, 0.4) is 0 Å². The zero-order chi connectivity index (χ0) is 22.9. The Morgan fingerprint density at radius 2 is 1.91 bits per heavy atom. The highest BCUT2D eigenvalue weighted by molar-refractivity contribution is 5.47. The topological polar surface area (TPSA) is 68.4 Å². The van der Waals surface area contributed by atoms with E-state index >= 15 is 0 Å². The third-order valence-electron chi connectivity index (χ3n) is 10.9.